The van der Waals surface area contributed by atoms with E-state index < -0.39 is 0 Å². The fraction of sp³-hybridized carbons (Fsp3) is 0.756. The third kappa shape index (κ3) is 31.7. The average molecular weight is 612 g/mol. The zero-order valence-corrected chi connectivity index (χ0v) is 29.6. The maximum atomic E-state index is 13.1. The van der Waals surface area contributed by atoms with Crippen molar-refractivity contribution in [3.05, 3.63) is 48.6 Å². The summed E-state index contributed by atoms with van der Waals surface area (Å²) >= 11 is 0. The number of carbonyl (C=O) groups is 2. The maximum absolute atomic E-state index is 13.1. The molecule has 1 N–H and O–H groups in total. The Balaban J connectivity index is 4.06. The fourth-order valence-corrected chi connectivity index (χ4v) is 5.54. The highest BCUT2D eigenvalue weighted by molar-refractivity contribution is 5.88. The van der Waals surface area contributed by atoms with Crippen LogP contribution in [0.5, 0.6) is 0 Å². The lowest BCUT2D eigenvalue weighted by molar-refractivity contribution is -0.128. The molecule has 0 heterocycles. The van der Waals surface area contributed by atoms with Gasteiger partial charge < -0.3 is 5.32 Å². The number of hydrogen-bond acceptors (Lipinski definition) is 3. The van der Waals surface area contributed by atoms with Crippen LogP contribution in [0.15, 0.2) is 48.6 Å². The Morgan fingerprint density at radius 3 is 1.43 bits per heavy atom. The number of ketones is 2. The second-order valence-corrected chi connectivity index (χ2v) is 12.8. The first-order valence-electron chi connectivity index (χ1n) is 18.9. The number of rotatable bonds is 34. The summed E-state index contributed by atoms with van der Waals surface area (Å²) in [6.07, 6.45) is 47.5. The van der Waals surface area contributed by atoms with Crippen molar-refractivity contribution < 1.29 is 9.59 Å². The number of Topliss-reactive ketones (excluding diaryl/α,β-unsaturated/α-hetero) is 2. The van der Waals surface area contributed by atoms with Crippen molar-refractivity contribution in [2.24, 2.45) is 5.92 Å². The third-order valence-corrected chi connectivity index (χ3v) is 8.46. The van der Waals surface area contributed by atoms with Crippen molar-refractivity contribution in [3.63, 3.8) is 0 Å². The number of carbonyl (C=O) groups excluding carboxylic acids is 2. The van der Waals surface area contributed by atoms with Gasteiger partial charge in [0.15, 0.2) is 0 Å². The molecule has 44 heavy (non-hydrogen) atoms. The summed E-state index contributed by atoms with van der Waals surface area (Å²) in [5, 5.41) is 3.06. The highest BCUT2D eigenvalue weighted by Crippen LogP contribution is 2.21. The number of hydrogen-bond donors (Lipinski definition) is 1. The molecule has 0 rings (SSSR count). The molecule has 0 aliphatic carbocycles. The van der Waals surface area contributed by atoms with Crippen LogP contribution in [0.1, 0.15) is 181 Å². The van der Waals surface area contributed by atoms with Crippen LogP contribution >= 0.6 is 0 Å². The van der Waals surface area contributed by atoms with Gasteiger partial charge in [-0.05, 0) is 84.1 Å². The van der Waals surface area contributed by atoms with Crippen LogP contribution in [0.25, 0.3) is 0 Å². The predicted molar refractivity (Wildman–Crippen MR) is 195 cm³/mol. The SMILES string of the molecule is CCCCC/C=C\C/C=C\CCCCCCCC(=O)C(CCCCCCC/C=C\C/C=C\CCCCC)CC(=O)CCNC. The van der Waals surface area contributed by atoms with E-state index in [1.165, 1.54) is 96.3 Å². The van der Waals surface area contributed by atoms with Crippen molar-refractivity contribution in [3.8, 4) is 0 Å². The molecule has 0 aliphatic heterocycles. The summed E-state index contributed by atoms with van der Waals surface area (Å²) in [5.74, 6) is 0.501. The van der Waals surface area contributed by atoms with E-state index in [1.54, 1.807) is 0 Å². The summed E-state index contributed by atoms with van der Waals surface area (Å²) in [5.41, 5.74) is 0. The highest BCUT2D eigenvalue weighted by Gasteiger charge is 2.20. The van der Waals surface area contributed by atoms with Crippen LogP contribution in [-0.4, -0.2) is 25.2 Å². The van der Waals surface area contributed by atoms with E-state index in [2.05, 4.69) is 67.8 Å². The monoisotopic (exact) mass is 612 g/mol. The summed E-state index contributed by atoms with van der Waals surface area (Å²) < 4.78 is 0. The second-order valence-electron chi connectivity index (χ2n) is 12.8. The highest BCUT2D eigenvalue weighted by atomic mass is 16.1. The average Bonchev–Trinajstić information content (AvgIpc) is 3.03. The van der Waals surface area contributed by atoms with Gasteiger partial charge in [0, 0.05) is 31.7 Å². The van der Waals surface area contributed by atoms with Gasteiger partial charge in [-0.25, -0.2) is 0 Å². The minimum absolute atomic E-state index is 0.0665. The molecule has 0 saturated heterocycles. The zero-order valence-electron chi connectivity index (χ0n) is 29.6. The Hall–Kier alpha value is -1.74. The van der Waals surface area contributed by atoms with Gasteiger partial charge in [0.25, 0.3) is 0 Å². The third-order valence-electron chi connectivity index (χ3n) is 8.46. The van der Waals surface area contributed by atoms with E-state index in [9.17, 15) is 9.59 Å². The van der Waals surface area contributed by atoms with Crippen molar-refractivity contribution in [1.29, 1.82) is 0 Å². The topological polar surface area (TPSA) is 46.2 Å². The molecule has 0 spiro atoms. The van der Waals surface area contributed by atoms with Gasteiger partial charge in [0.1, 0.15) is 11.6 Å². The number of nitrogens with one attached hydrogen (secondary N) is 1. The summed E-state index contributed by atoms with van der Waals surface area (Å²) in [4.78, 5) is 25.5. The van der Waals surface area contributed by atoms with E-state index in [4.69, 9.17) is 0 Å². The van der Waals surface area contributed by atoms with Crippen molar-refractivity contribution in [2.45, 2.75) is 181 Å². The standard InChI is InChI=1S/C41H73NO2/c1-4-6-8-10-12-14-16-18-20-22-24-26-28-30-32-34-39(38-40(43)36-37-42-3)41(44)35-33-31-29-27-25-23-21-19-17-15-13-11-9-7-5-2/h12-15,18-21,39,42H,4-11,16-17,22-38H2,1-3H3/b14-12-,15-13-,20-18-,21-19-. The fourth-order valence-electron chi connectivity index (χ4n) is 5.54. The smallest absolute Gasteiger partial charge is 0.136 e. The van der Waals surface area contributed by atoms with Crippen LogP contribution in [0.2, 0.25) is 0 Å². The van der Waals surface area contributed by atoms with Crippen LogP contribution in [0, 0.1) is 5.92 Å². The molecular weight excluding hydrogens is 538 g/mol. The summed E-state index contributed by atoms with van der Waals surface area (Å²) in [6, 6.07) is 0. The van der Waals surface area contributed by atoms with Gasteiger partial charge >= 0.3 is 0 Å². The van der Waals surface area contributed by atoms with Gasteiger partial charge in [-0.15, -0.1) is 0 Å². The number of allylic oxidation sites excluding steroid dienone is 8. The van der Waals surface area contributed by atoms with Gasteiger partial charge in [-0.1, -0.05) is 133 Å². The lowest BCUT2D eigenvalue weighted by Gasteiger charge is -2.15. The number of unbranched alkanes of at least 4 members (excludes halogenated alkanes) is 16. The molecule has 1 unspecified atom stereocenters. The van der Waals surface area contributed by atoms with E-state index in [0.29, 0.717) is 31.6 Å². The first kappa shape index (κ1) is 42.3. The van der Waals surface area contributed by atoms with Crippen molar-refractivity contribution >= 4 is 11.6 Å². The van der Waals surface area contributed by atoms with E-state index in [1.807, 2.05) is 7.05 Å². The Kier molecular flexibility index (Phi) is 34.3. The Morgan fingerprint density at radius 2 is 0.955 bits per heavy atom. The van der Waals surface area contributed by atoms with E-state index >= 15 is 0 Å². The normalized spacial score (nSPS) is 12.9. The van der Waals surface area contributed by atoms with Gasteiger partial charge in [-0.2, -0.15) is 0 Å². The largest absolute Gasteiger partial charge is 0.319 e. The maximum Gasteiger partial charge on any atom is 0.136 e. The molecule has 0 aromatic heterocycles. The van der Waals surface area contributed by atoms with Crippen LogP contribution in [-0.2, 0) is 9.59 Å². The molecule has 3 heteroatoms. The molecule has 0 amide bonds. The minimum Gasteiger partial charge on any atom is -0.319 e. The second kappa shape index (κ2) is 35.7. The van der Waals surface area contributed by atoms with Crippen LogP contribution in [0.4, 0.5) is 0 Å². The molecule has 0 radical (unpaired) electrons. The van der Waals surface area contributed by atoms with Gasteiger partial charge in [-0.3, -0.25) is 9.59 Å². The summed E-state index contributed by atoms with van der Waals surface area (Å²) in [6.45, 7) is 5.20. The minimum atomic E-state index is -0.0665. The molecule has 254 valence electrons. The Bertz CT molecular complexity index is 748. The zero-order chi connectivity index (χ0) is 32.2. The molecule has 0 bridgehead atoms. The quantitative estimate of drug-likeness (QED) is 0.0581. The van der Waals surface area contributed by atoms with Crippen molar-refractivity contribution in [1.82, 2.24) is 5.32 Å². The van der Waals surface area contributed by atoms with Gasteiger partial charge in [0.2, 0.25) is 0 Å². The molecule has 3 nitrogen and oxygen atoms in total. The van der Waals surface area contributed by atoms with E-state index in [-0.39, 0.29) is 11.7 Å². The molecule has 0 saturated carbocycles. The lowest BCUT2D eigenvalue weighted by Crippen LogP contribution is -2.21. The van der Waals surface area contributed by atoms with Gasteiger partial charge in [0.05, 0.1) is 0 Å². The lowest BCUT2D eigenvalue weighted by atomic mass is 9.88. The van der Waals surface area contributed by atoms with E-state index in [0.717, 1.165) is 51.4 Å². The molecule has 0 aromatic carbocycles. The molecule has 1 atom stereocenters. The van der Waals surface area contributed by atoms with Crippen molar-refractivity contribution in [2.75, 3.05) is 13.6 Å². The Morgan fingerprint density at radius 1 is 0.523 bits per heavy atom. The molecule has 0 aliphatic rings. The summed E-state index contributed by atoms with van der Waals surface area (Å²) in [7, 11) is 1.88. The molecule has 0 aromatic rings. The van der Waals surface area contributed by atoms with Crippen LogP contribution in [0.3, 0.4) is 0 Å². The molecular formula is C41H73NO2. The molecule has 0 fully saturated rings. The first-order chi connectivity index (χ1) is 21.7. The van der Waals surface area contributed by atoms with Crippen LogP contribution < -0.4 is 5.32 Å². The predicted octanol–water partition coefficient (Wildman–Crippen LogP) is 12.4. The first-order valence-corrected chi connectivity index (χ1v) is 18.9. The Labute approximate surface area is 274 Å².